The second kappa shape index (κ2) is 12.6. The van der Waals surface area contributed by atoms with Crippen LogP contribution in [0, 0.1) is 5.82 Å². The van der Waals surface area contributed by atoms with Crippen molar-refractivity contribution in [3.05, 3.63) is 90.2 Å². The number of hydrogen-bond acceptors (Lipinski definition) is 5. The molecule has 2 amide bonds. The molecule has 0 saturated heterocycles. The first-order chi connectivity index (χ1) is 18.0. The number of carbonyl (C=O) groups is 2. The van der Waals surface area contributed by atoms with Crippen molar-refractivity contribution in [3.8, 4) is 11.5 Å². The smallest absolute Gasteiger partial charge is 0.244 e. The van der Waals surface area contributed by atoms with Gasteiger partial charge in [-0.05, 0) is 63.2 Å². The molecule has 1 N–H and O–H groups in total. The van der Waals surface area contributed by atoms with Gasteiger partial charge >= 0.3 is 0 Å². The number of benzene rings is 3. The Morgan fingerprint density at radius 1 is 0.895 bits per heavy atom. The lowest BCUT2D eigenvalue weighted by molar-refractivity contribution is -0.139. The minimum absolute atomic E-state index is 0.181. The van der Waals surface area contributed by atoms with E-state index in [1.54, 1.807) is 44.2 Å². The zero-order valence-electron chi connectivity index (χ0n) is 21.8. The van der Waals surface area contributed by atoms with E-state index in [2.05, 4.69) is 5.32 Å². The minimum Gasteiger partial charge on any atom is -0.457 e. The molecule has 0 unspecified atom stereocenters. The van der Waals surface area contributed by atoms with E-state index in [0.717, 1.165) is 10.6 Å². The summed E-state index contributed by atoms with van der Waals surface area (Å²) in [6, 6.07) is 20.1. The summed E-state index contributed by atoms with van der Waals surface area (Å²) in [6.45, 7) is 4.30. The summed E-state index contributed by atoms with van der Waals surface area (Å²) in [5.74, 6) is -0.517. The van der Waals surface area contributed by atoms with Crippen molar-refractivity contribution < 1.29 is 27.1 Å². The number of sulfonamides is 1. The fraction of sp³-hybridized carbons (Fsp3) is 0.286. The molecule has 202 valence electrons. The van der Waals surface area contributed by atoms with Gasteiger partial charge in [0.25, 0.3) is 0 Å². The molecule has 0 bridgehead atoms. The standard InChI is InChI=1S/C28H32FN3O5S/c1-20(2)30-28(34)21(3)31(18-22-10-8-9-13-26(22)29)27(33)19-32(38(4,35)36)23-14-16-25(17-15-23)37-24-11-6-5-7-12-24/h5-17,20-21H,18-19H2,1-4H3,(H,30,34)/t21-/m1/s1. The largest absolute Gasteiger partial charge is 0.457 e. The molecule has 0 spiro atoms. The van der Waals surface area contributed by atoms with Crippen LogP contribution in [0.1, 0.15) is 26.3 Å². The van der Waals surface area contributed by atoms with Crippen LogP contribution in [-0.4, -0.2) is 50.0 Å². The lowest BCUT2D eigenvalue weighted by Gasteiger charge is -2.32. The third kappa shape index (κ3) is 7.79. The van der Waals surface area contributed by atoms with E-state index in [1.807, 2.05) is 18.2 Å². The SMILES string of the molecule is CC(C)NC(=O)[C@@H](C)N(Cc1ccccc1F)C(=O)CN(c1ccc(Oc2ccccc2)cc1)S(C)(=O)=O. The maximum Gasteiger partial charge on any atom is 0.244 e. The molecule has 0 aliphatic heterocycles. The van der Waals surface area contributed by atoms with Crippen LogP contribution in [0.5, 0.6) is 11.5 Å². The van der Waals surface area contributed by atoms with Gasteiger partial charge in [0.15, 0.2) is 0 Å². The van der Waals surface area contributed by atoms with E-state index in [-0.39, 0.29) is 23.8 Å². The molecule has 0 radical (unpaired) electrons. The number of anilines is 1. The van der Waals surface area contributed by atoms with Gasteiger partial charge in [-0.25, -0.2) is 12.8 Å². The Morgan fingerprint density at radius 3 is 2.05 bits per heavy atom. The van der Waals surface area contributed by atoms with E-state index in [1.165, 1.54) is 42.2 Å². The van der Waals surface area contributed by atoms with Crippen LogP contribution in [0.25, 0.3) is 0 Å². The van der Waals surface area contributed by atoms with Gasteiger partial charge in [0.05, 0.1) is 11.9 Å². The van der Waals surface area contributed by atoms with E-state index in [0.29, 0.717) is 11.5 Å². The molecule has 0 heterocycles. The molecule has 1 atom stereocenters. The van der Waals surface area contributed by atoms with Crippen molar-refractivity contribution in [2.75, 3.05) is 17.1 Å². The predicted molar refractivity (Wildman–Crippen MR) is 145 cm³/mol. The molecule has 3 rings (SSSR count). The van der Waals surface area contributed by atoms with Crippen LogP contribution < -0.4 is 14.4 Å². The van der Waals surface area contributed by atoms with Gasteiger partial charge in [-0.15, -0.1) is 0 Å². The molecule has 0 aliphatic carbocycles. The number of nitrogens with zero attached hydrogens (tertiary/aromatic N) is 2. The highest BCUT2D eigenvalue weighted by Crippen LogP contribution is 2.26. The van der Waals surface area contributed by atoms with Gasteiger partial charge in [0, 0.05) is 18.2 Å². The monoisotopic (exact) mass is 541 g/mol. The van der Waals surface area contributed by atoms with Crippen molar-refractivity contribution in [2.45, 2.75) is 39.4 Å². The van der Waals surface area contributed by atoms with Crippen LogP contribution in [0.2, 0.25) is 0 Å². The van der Waals surface area contributed by atoms with Gasteiger partial charge in [0.2, 0.25) is 21.8 Å². The minimum atomic E-state index is -3.89. The van der Waals surface area contributed by atoms with Crippen LogP contribution >= 0.6 is 0 Å². The van der Waals surface area contributed by atoms with Gasteiger partial charge in [0.1, 0.15) is 29.9 Å². The van der Waals surface area contributed by atoms with Gasteiger partial charge in [-0.2, -0.15) is 0 Å². The first kappa shape index (κ1) is 28.6. The molecule has 0 fully saturated rings. The number of halogens is 1. The van der Waals surface area contributed by atoms with Gasteiger partial charge in [-0.1, -0.05) is 36.4 Å². The van der Waals surface area contributed by atoms with Gasteiger partial charge < -0.3 is 15.0 Å². The fourth-order valence-corrected chi connectivity index (χ4v) is 4.57. The molecule has 0 aromatic heterocycles. The topological polar surface area (TPSA) is 96.0 Å². The fourth-order valence-electron chi connectivity index (χ4n) is 3.72. The number of para-hydroxylation sites is 1. The normalized spacial score (nSPS) is 12.1. The highest BCUT2D eigenvalue weighted by Gasteiger charge is 2.30. The van der Waals surface area contributed by atoms with Gasteiger partial charge in [-0.3, -0.25) is 13.9 Å². The zero-order chi connectivity index (χ0) is 27.9. The molecule has 38 heavy (non-hydrogen) atoms. The van der Waals surface area contributed by atoms with Crippen LogP contribution in [0.15, 0.2) is 78.9 Å². The number of carbonyl (C=O) groups excluding carboxylic acids is 2. The first-order valence-corrected chi connectivity index (χ1v) is 13.9. The second-order valence-corrected chi connectivity index (χ2v) is 11.0. The predicted octanol–water partition coefficient (Wildman–Crippen LogP) is 4.33. The Kier molecular flexibility index (Phi) is 9.46. The highest BCUT2D eigenvalue weighted by atomic mass is 32.2. The van der Waals surface area contributed by atoms with Crippen molar-refractivity contribution >= 4 is 27.5 Å². The number of hydrogen-bond donors (Lipinski definition) is 1. The quantitative estimate of drug-likeness (QED) is 0.390. The number of amides is 2. The van der Waals surface area contributed by atoms with E-state index < -0.39 is 40.2 Å². The number of nitrogens with one attached hydrogen (secondary N) is 1. The molecule has 3 aromatic carbocycles. The highest BCUT2D eigenvalue weighted by molar-refractivity contribution is 7.92. The Hall–Kier alpha value is -3.92. The summed E-state index contributed by atoms with van der Waals surface area (Å²) in [5.41, 5.74) is 0.449. The lowest BCUT2D eigenvalue weighted by Crippen LogP contribution is -2.52. The summed E-state index contributed by atoms with van der Waals surface area (Å²) >= 11 is 0. The van der Waals surface area contributed by atoms with E-state index in [4.69, 9.17) is 4.74 Å². The van der Waals surface area contributed by atoms with Crippen molar-refractivity contribution in [1.29, 1.82) is 0 Å². The van der Waals surface area contributed by atoms with Crippen LogP contribution in [0.3, 0.4) is 0 Å². The average Bonchev–Trinajstić information content (AvgIpc) is 2.86. The number of rotatable bonds is 11. The molecule has 10 heteroatoms. The summed E-state index contributed by atoms with van der Waals surface area (Å²) < 4.78 is 46.6. The maximum atomic E-state index is 14.4. The molecular weight excluding hydrogens is 509 g/mol. The van der Waals surface area contributed by atoms with E-state index >= 15 is 0 Å². The number of ether oxygens (including phenoxy) is 1. The van der Waals surface area contributed by atoms with Crippen molar-refractivity contribution in [2.24, 2.45) is 0 Å². The Labute approximate surface area is 223 Å². The third-order valence-corrected chi connectivity index (χ3v) is 6.82. The van der Waals surface area contributed by atoms with Crippen molar-refractivity contribution in [1.82, 2.24) is 10.2 Å². The zero-order valence-corrected chi connectivity index (χ0v) is 22.6. The molecule has 8 nitrogen and oxygen atoms in total. The third-order valence-electron chi connectivity index (χ3n) is 5.68. The van der Waals surface area contributed by atoms with Crippen molar-refractivity contribution in [3.63, 3.8) is 0 Å². The molecule has 3 aromatic rings. The first-order valence-electron chi connectivity index (χ1n) is 12.1. The molecule has 0 aliphatic rings. The van der Waals surface area contributed by atoms with Crippen LogP contribution in [-0.2, 0) is 26.2 Å². The Balaban J connectivity index is 1.87. The summed E-state index contributed by atoms with van der Waals surface area (Å²) in [5, 5.41) is 2.75. The average molecular weight is 542 g/mol. The van der Waals surface area contributed by atoms with E-state index in [9.17, 15) is 22.4 Å². The Bertz CT molecular complexity index is 1350. The lowest BCUT2D eigenvalue weighted by atomic mass is 10.1. The second-order valence-electron chi connectivity index (χ2n) is 9.13. The summed E-state index contributed by atoms with van der Waals surface area (Å²) in [6.07, 6.45) is 0.991. The molecular formula is C28H32FN3O5S. The maximum absolute atomic E-state index is 14.4. The molecule has 0 saturated carbocycles. The summed E-state index contributed by atoms with van der Waals surface area (Å²) in [7, 11) is -3.89. The summed E-state index contributed by atoms with van der Waals surface area (Å²) in [4.78, 5) is 27.5. The Morgan fingerprint density at radius 2 is 1.47 bits per heavy atom. The van der Waals surface area contributed by atoms with Crippen LogP contribution in [0.4, 0.5) is 10.1 Å².